The molecule has 3 heterocycles. The average molecular weight is 489 g/mol. The first kappa shape index (κ1) is 25.6. The maximum atomic E-state index is 13.2. The van der Waals surface area contributed by atoms with Gasteiger partial charge in [-0.1, -0.05) is 6.07 Å². The van der Waals surface area contributed by atoms with Crippen molar-refractivity contribution in [1.29, 1.82) is 0 Å². The van der Waals surface area contributed by atoms with Gasteiger partial charge in [0.1, 0.15) is 18.4 Å². The van der Waals surface area contributed by atoms with E-state index in [0.717, 1.165) is 56.7 Å². The number of rotatable bonds is 11. The average Bonchev–Trinajstić information content (AvgIpc) is 3.00. The third kappa shape index (κ3) is 6.38. The maximum absolute atomic E-state index is 13.2. The number of carbonyl (C=O) groups excluding carboxylic acids is 3. The first-order valence-corrected chi connectivity index (χ1v) is 12.5. The number of hydrogen-bond acceptors (Lipinski definition) is 8. The number of amides is 3. The summed E-state index contributed by atoms with van der Waals surface area (Å²) in [6, 6.07) is 3.18. The van der Waals surface area contributed by atoms with Crippen LogP contribution in [0.3, 0.4) is 0 Å². The normalized spacial score (nSPS) is 21.1. The van der Waals surface area contributed by atoms with Crippen molar-refractivity contribution in [3.63, 3.8) is 0 Å². The van der Waals surface area contributed by atoms with Gasteiger partial charge in [-0.15, -0.1) is 0 Å². The Morgan fingerprint density at radius 1 is 1.06 bits per heavy atom. The smallest absolute Gasteiger partial charge is 0.255 e. The first-order chi connectivity index (χ1) is 17.1. The van der Waals surface area contributed by atoms with E-state index in [4.69, 9.17) is 14.2 Å². The Morgan fingerprint density at radius 3 is 2.74 bits per heavy atom. The van der Waals surface area contributed by atoms with E-state index in [1.54, 1.807) is 12.0 Å². The molecule has 1 aromatic rings. The Hall–Kier alpha value is -2.53. The van der Waals surface area contributed by atoms with Gasteiger partial charge >= 0.3 is 0 Å². The van der Waals surface area contributed by atoms with Gasteiger partial charge < -0.3 is 29.3 Å². The Balaban J connectivity index is 1.50. The van der Waals surface area contributed by atoms with Gasteiger partial charge in [-0.05, 0) is 44.0 Å². The Morgan fingerprint density at radius 2 is 1.91 bits per heavy atom. The standard InChI is InChI=1S/C25H36N4O6/c1-33-13-14-34-15-16-35-23-18(7-11-28-10-2-8-26-9-12-28)3-4-19-20(23)17-29(25(19)32)21-5-6-22(30)27-24(21)31/h3-4,21,26H,2,5-17H2,1H3,(H,27,30,31). The molecule has 0 bridgehead atoms. The molecule has 2 fully saturated rings. The van der Waals surface area contributed by atoms with E-state index in [1.807, 2.05) is 12.1 Å². The Bertz CT molecular complexity index is 915. The maximum Gasteiger partial charge on any atom is 0.255 e. The van der Waals surface area contributed by atoms with Gasteiger partial charge in [0, 0.05) is 44.3 Å². The number of nitrogens with one attached hydrogen (secondary N) is 2. The lowest BCUT2D eigenvalue weighted by molar-refractivity contribution is -0.136. The van der Waals surface area contributed by atoms with Crippen molar-refractivity contribution >= 4 is 17.7 Å². The lowest BCUT2D eigenvalue weighted by Crippen LogP contribution is -2.52. The Labute approximate surface area is 206 Å². The molecule has 192 valence electrons. The summed E-state index contributed by atoms with van der Waals surface area (Å²) in [7, 11) is 1.63. The molecule has 4 rings (SSSR count). The molecular weight excluding hydrogens is 452 g/mol. The highest BCUT2D eigenvalue weighted by Gasteiger charge is 2.40. The summed E-state index contributed by atoms with van der Waals surface area (Å²) in [6.07, 6.45) is 2.50. The van der Waals surface area contributed by atoms with Crippen molar-refractivity contribution in [3.05, 3.63) is 28.8 Å². The van der Waals surface area contributed by atoms with E-state index in [2.05, 4.69) is 15.5 Å². The summed E-state index contributed by atoms with van der Waals surface area (Å²) in [5.74, 6) is -0.180. The van der Waals surface area contributed by atoms with Crippen LogP contribution >= 0.6 is 0 Å². The van der Waals surface area contributed by atoms with Crippen LogP contribution in [0.15, 0.2) is 12.1 Å². The molecule has 0 radical (unpaired) electrons. The van der Waals surface area contributed by atoms with Crippen LogP contribution in [0.1, 0.15) is 40.7 Å². The number of carbonyl (C=O) groups is 3. The number of methoxy groups -OCH3 is 1. The number of ether oxygens (including phenoxy) is 3. The molecule has 3 aliphatic heterocycles. The topological polar surface area (TPSA) is 109 Å². The monoisotopic (exact) mass is 488 g/mol. The van der Waals surface area contributed by atoms with E-state index in [9.17, 15) is 14.4 Å². The predicted octanol–water partition coefficient (Wildman–Crippen LogP) is 0.327. The zero-order valence-corrected chi connectivity index (χ0v) is 20.5. The van der Waals surface area contributed by atoms with Crippen LogP contribution in [-0.2, 0) is 32.0 Å². The van der Waals surface area contributed by atoms with E-state index in [0.29, 0.717) is 50.7 Å². The summed E-state index contributed by atoms with van der Waals surface area (Å²) in [5, 5.41) is 5.79. The lowest BCUT2D eigenvalue weighted by Gasteiger charge is -2.29. The fourth-order valence-electron chi connectivity index (χ4n) is 4.89. The van der Waals surface area contributed by atoms with E-state index in [1.165, 1.54) is 0 Å². The van der Waals surface area contributed by atoms with Gasteiger partial charge in [-0.25, -0.2) is 0 Å². The molecule has 1 atom stereocenters. The largest absolute Gasteiger partial charge is 0.491 e. The fraction of sp³-hybridized carbons (Fsp3) is 0.640. The third-order valence-corrected chi connectivity index (χ3v) is 6.78. The first-order valence-electron chi connectivity index (χ1n) is 12.5. The second-order valence-electron chi connectivity index (χ2n) is 9.13. The zero-order chi connectivity index (χ0) is 24.6. The summed E-state index contributed by atoms with van der Waals surface area (Å²) in [5.41, 5.74) is 2.43. The number of piperidine rings is 1. The van der Waals surface area contributed by atoms with Crippen LogP contribution in [0.25, 0.3) is 0 Å². The molecule has 0 aliphatic carbocycles. The van der Waals surface area contributed by atoms with Crippen molar-refractivity contribution in [1.82, 2.24) is 20.4 Å². The minimum atomic E-state index is -0.647. The molecule has 2 N–H and O–H groups in total. The number of fused-ring (bicyclic) bond motifs is 1. The molecule has 3 amide bonds. The second kappa shape index (κ2) is 12.4. The second-order valence-corrected chi connectivity index (χ2v) is 9.13. The van der Waals surface area contributed by atoms with Crippen molar-refractivity contribution in [2.24, 2.45) is 0 Å². The number of nitrogens with zero attached hydrogens (tertiary/aromatic N) is 2. The summed E-state index contributed by atoms with van der Waals surface area (Å²) >= 11 is 0. The predicted molar refractivity (Wildman–Crippen MR) is 128 cm³/mol. The van der Waals surface area contributed by atoms with Gasteiger partial charge in [0.25, 0.3) is 5.91 Å². The quantitative estimate of drug-likeness (QED) is 0.339. The van der Waals surface area contributed by atoms with Crippen LogP contribution in [-0.4, -0.2) is 99.8 Å². The van der Waals surface area contributed by atoms with Crippen molar-refractivity contribution in [2.45, 2.75) is 38.3 Å². The van der Waals surface area contributed by atoms with Crippen LogP contribution in [0, 0.1) is 0 Å². The minimum absolute atomic E-state index is 0.194. The molecule has 0 spiro atoms. The molecule has 35 heavy (non-hydrogen) atoms. The van der Waals surface area contributed by atoms with Crippen molar-refractivity contribution in [3.8, 4) is 5.75 Å². The summed E-state index contributed by atoms with van der Waals surface area (Å²) < 4.78 is 16.8. The van der Waals surface area contributed by atoms with Gasteiger partial charge in [0.2, 0.25) is 11.8 Å². The number of benzene rings is 1. The molecule has 1 unspecified atom stereocenters. The highest BCUT2D eigenvalue weighted by Crippen LogP contribution is 2.36. The number of imide groups is 1. The van der Waals surface area contributed by atoms with E-state index >= 15 is 0 Å². The molecule has 0 saturated carbocycles. The Kier molecular flexibility index (Phi) is 9.08. The molecule has 2 saturated heterocycles. The van der Waals surface area contributed by atoms with Crippen molar-refractivity contribution < 1.29 is 28.6 Å². The highest BCUT2D eigenvalue weighted by atomic mass is 16.5. The molecule has 10 nitrogen and oxygen atoms in total. The molecule has 0 aromatic heterocycles. The van der Waals surface area contributed by atoms with Gasteiger partial charge in [0.15, 0.2) is 0 Å². The van der Waals surface area contributed by atoms with Gasteiger partial charge in [-0.2, -0.15) is 0 Å². The number of hydrogen-bond donors (Lipinski definition) is 2. The SMILES string of the molecule is COCCOCCOc1c(CCN2CCCNCC2)ccc2c1CN(C1CCC(=O)NC1=O)C2=O. The third-order valence-electron chi connectivity index (χ3n) is 6.78. The summed E-state index contributed by atoms with van der Waals surface area (Å²) in [4.78, 5) is 41.3. The van der Waals surface area contributed by atoms with Gasteiger partial charge in [-0.3, -0.25) is 19.7 Å². The minimum Gasteiger partial charge on any atom is -0.491 e. The van der Waals surface area contributed by atoms with E-state index < -0.39 is 11.9 Å². The fourth-order valence-corrected chi connectivity index (χ4v) is 4.89. The molecule has 1 aromatic carbocycles. The van der Waals surface area contributed by atoms with Crippen LogP contribution in [0.2, 0.25) is 0 Å². The highest BCUT2D eigenvalue weighted by molar-refractivity contribution is 6.05. The molecular formula is C25H36N4O6. The lowest BCUT2D eigenvalue weighted by atomic mass is 10.0. The molecule has 3 aliphatic rings. The summed E-state index contributed by atoms with van der Waals surface area (Å²) in [6.45, 7) is 7.08. The van der Waals surface area contributed by atoms with Gasteiger partial charge in [0.05, 0.1) is 26.4 Å². The van der Waals surface area contributed by atoms with Crippen LogP contribution < -0.4 is 15.4 Å². The van der Waals surface area contributed by atoms with E-state index in [-0.39, 0.29) is 18.2 Å². The van der Waals surface area contributed by atoms with Crippen LogP contribution in [0.4, 0.5) is 0 Å². The van der Waals surface area contributed by atoms with Crippen molar-refractivity contribution in [2.75, 3.05) is 66.3 Å². The van der Waals surface area contributed by atoms with Crippen LogP contribution in [0.5, 0.6) is 5.75 Å². The molecule has 10 heteroatoms. The zero-order valence-electron chi connectivity index (χ0n) is 20.5.